The van der Waals surface area contributed by atoms with E-state index in [1.54, 1.807) is 6.07 Å². The zero-order valence-electron chi connectivity index (χ0n) is 12.9. The fourth-order valence-corrected chi connectivity index (χ4v) is 3.29. The minimum atomic E-state index is -0.607. The van der Waals surface area contributed by atoms with Gasteiger partial charge in [0.05, 0.1) is 17.8 Å². The van der Waals surface area contributed by atoms with E-state index in [4.69, 9.17) is 27.9 Å². The van der Waals surface area contributed by atoms with Gasteiger partial charge in [0.15, 0.2) is 11.6 Å². The van der Waals surface area contributed by atoms with Gasteiger partial charge in [-0.2, -0.15) is 0 Å². The van der Waals surface area contributed by atoms with E-state index in [1.165, 1.54) is 19.2 Å². The van der Waals surface area contributed by atoms with Gasteiger partial charge in [0.25, 0.3) is 5.91 Å². The lowest BCUT2D eigenvalue weighted by atomic mass is 10.00. The Labute approximate surface area is 148 Å². The van der Waals surface area contributed by atoms with Crippen molar-refractivity contribution in [3.63, 3.8) is 0 Å². The monoisotopic (exact) mass is 368 g/mol. The number of carbonyl (C=O) groups is 1. The highest BCUT2D eigenvalue weighted by molar-refractivity contribution is 6.37. The third-order valence-electron chi connectivity index (χ3n) is 3.94. The van der Waals surface area contributed by atoms with Gasteiger partial charge >= 0.3 is 0 Å². The number of carbonyl (C=O) groups excluding carboxylic acids is 1. The third kappa shape index (κ3) is 3.20. The quantitative estimate of drug-likeness (QED) is 0.859. The molecule has 2 aromatic carbocycles. The lowest BCUT2D eigenvalue weighted by Gasteiger charge is -2.22. The molecule has 24 heavy (non-hydrogen) atoms. The van der Waals surface area contributed by atoms with E-state index in [1.807, 2.05) is 0 Å². The predicted molar refractivity (Wildman–Crippen MR) is 92.8 cm³/mol. The second kappa shape index (κ2) is 6.97. The van der Waals surface area contributed by atoms with Crippen molar-refractivity contribution in [1.29, 1.82) is 0 Å². The van der Waals surface area contributed by atoms with E-state index >= 15 is 0 Å². The smallest absolute Gasteiger partial charge is 0.255 e. The molecule has 0 saturated heterocycles. The molecular weight excluding hydrogens is 354 g/mol. The van der Waals surface area contributed by atoms with Crippen LogP contribution in [0.1, 0.15) is 21.5 Å². The molecule has 7 heteroatoms. The normalized spacial score (nSPS) is 13.3. The number of fused-ring (bicyclic) bond motifs is 1. The molecule has 1 heterocycles. The maximum Gasteiger partial charge on any atom is 0.255 e. The second-order valence-electron chi connectivity index (χ2n) is 5.41. The number of rotatable bonds is 3. The van der Waals surface area contributed by atoms with Crippen LogP contribution in [0.4, 0.5) is 10.1 Å². The van der Waals surface area contributed by atoms with Gasteiger partial charge in [-0.15, -0.1) is 0 Å². The fraction of sp³-hybridized carbons (Fsp3) is 0.235. The topological polar surface area (TPSA) is 50.4 Å². The molecule has 1 aliphatic rings. The van der Waals surface area contributed by atoms with E-state index in [0.717, 1.165) is 30.2 Å². The van der Waals surface area contributed by atoms with Crippen LogP contribution in [-0.4, -0.2) is 19.6 Å². The zero-order valence-corrected chi connectivity index (χ0v) is 14.4. The Kier molecular flexibility index (Phi) is 4.94. The van der Waals surface area contributed by atoms with Crippen LogP contribution in [0.2, 0.25) is 10.0 Å². The van der Waals surface area contributed by atoms with Crippen molar-refractivity contribution in [3.05, 3.63) is 56.8 Å². The number of ether oxygens (including phenoxy) is 1. The van der Waals surface area contributed by atoms with Crippen LogP contribution in [0.25, 0.3) is 0 Å². The van der Waals surface area contributed by atoms with Crippen molar-refractivity contribution >= 4 is 34.8 Å². The molecule has 1 aliphatic heterocycles. The van der Waals surface area contributed by atoms with Crippen molar-refractivity contribution in [3.8, 4) is 5.75 Å². The number of halogens is 3. The number of benzene rings is 2. The largest absolute Gasteiger partial charge is 0.494 e. The molecule has 3 rings (SSSR count). The van der Waals surface area contributed by atoms with E-state index in [9.17, 15) is 9.18 Å². The molecule has 0 saturated carbocycles. The van der Waals surface area contributed by atoms with Gasteiger partial charge < -0.3 is 15.4 Å². The molecule has 0 aliphatic carbocycles. The Morgan fingerprint density at radius 1 is 1.29 bits per heavy atom. The van der Waals surface area contributed by atoms with Gasteiger partial charge in [0.1, 0.15) is 0 Å². The van der Waals surface area contributed by atoms with E-state index < -0.39 is 11.7 Å². The summed E-state index contributed by atoms with van der Waals surface area (Å²) in [6.45, 7) is 1.43. The highest BCUT2D eigenvalue weighted by Crippen LogP contribution is 2.36. The van der Waals surface area contributed by atoms with E-state index in [2.05, 4.69) is 10.6 Å². The molecule has 1 amide bonds. The van der Waals surface area contributed by atoms with Gasteiger partial charge in [0.2, 0.25) is 0 Å². The SMILES string of the molecule is COc1ccc(C(=O)Nc2cc(Cl)c3c(c2Cl)CNCC3)cc1F. The summed E-state index contributed by atoms with van der Waals surface area (Å²) in [6.07, 6.45) is 0.784. The summed E-state index contributed by atoms with van der Waals surface area (Å²) in [5.74, 6) is -1.00. The summed E-state index contributed by atoms with van der Waals surface area (Å²) in [5.41, 5.74) is 2.45. The molecule has 0 fully saturated rings. The number of hydrogen-bond acceptors (Lipinski definition) is 3. The first-order valence-corrected chi connectivity index (χ1v) is 8.12. The lowest BCUT2D eigenvalue weighted by molar-refractivity contribution is 0.102. The Hall–Kier alpha value is -1.82. The third-order valence-corrected chi connectivity index (χ3v) is 4.71. The van der Waals surface area contributed by atoms with Gasteiger partial charge in [-0.05, 0) is 48.4 Å². The fourth-order valence-electron chi connectivity index (χ4n) is 2.69. The molecule has 0 aromatic heterocycles. The molecule has 0 bridgehead atoms. The van der Waals surface area contributed by atoms with Gasteiger partial charge in [-0.25, -0.2) is 4.39 Å². The standard InChI is InChI=1S/C17H15Cl2FN2O2/c1-24-15-3-2-9(6-13(15)20)17(23)22-14-7-12(18)10-4-5-21-8-11(10)16(14)19/h2-3,6-7,21H,4-5,8H2,1H3,(H,22,23). The summed E-state index contributed by atoms with van der Waals surface area (Å²) in [6, 6.07) is 5.62. The Morgan fingerprint density at radius 3 is 2.79 bits per heavy atom. The summed E-state index contributed by atoms with van der Waals surface area (Å²) >= 11 is 12.7. The van der Waals surface area contributed by atoms with Crippen LogP contribution in [0, 0.1) is 5.82 Å². The van der Waals surface area contributed by atoms with Crippen molar-refractivity contribution in [1.82, 2.24) is 5.32 Å². The Bertz CT molecular complexity index is 812. The lowest BCUT2D eigenvalue weighted by Crippen LogP contribution is -2.25. The van der Waals surface area contributed by atoms with Crippen LogP contribution >= 0.6 is 23.2 Å². The number of amides is 1. The number of nitrogens with one attached hydrogen (secondary N) is 2. The number of methoxy groups -OCH3 is 1. The van der Waals surface area contributed by atoms with E-state index in [0.29, 0.717) is 22.3 Å². The van der Waals surface area contributed by atoms with Crippen LogP contribution in [0.15, 0.2) is 24.3 Å². The molecular formula is C17H15Cl2FN2O2. The molecule has 0 spiro atoms. The summed E-state index contributed by atoms with van der Waals surface area (Å²) in [7, 11) is 1.36. The average molecular weight is 369 g/mol. The molecule has 2 N–H and O–H groups in total. The van der Waals surface area contributed by atoms with Crippen molar-refractivity contribution in [2.75, 3.05) is 19.0 Å². The first-order valence-electron chi connectivity index (χ1n) is 7.36. The van der Waals surface area contributed by atoms with Crippen LogP contribution in [-0.2, 0) is 13.0 Å². The highest BCUT2D eigenvalue weighted by atomic mass is 35.5. The Balaban J connectivity index is 1.89. The molecule has 126 valence electrons. The Morgan fingerprint density at radius 2 is 2.08 bits per heavy atom. The molecule has 0 atom stereocenters. The van der Waals surface area contributed by atoms with Gasteiger partial charge in [0, 0.05) is 17.1 Å². The first kappa shape index (κ1) is 17.0. The average Bonchev–Trinajstić information content (AvgIpc) is 2.59. The van der Waals surface area contributed by atoms with Crippen molar-refractivity contribution in [2.45, 2.75) is 13.0 Å². The van der Waals surface area contributed by atoms with E-state index in [-0.39, 0.29) is 11.3 Å². The van der Waals surface area contributed by atoms with Crippen LogP contribution in [0.5, 0.6) is 5.75 Å². The van der Waals surface area contributed by atoms with Crippen LogP contribution in [0.3, 0.4) is 0 Å². The number of anilines is 1. The minimum absolute atomic E-state index is 0.0764. The zero-order chi connectivity index (χ0) is 17.3. The maximum atomic E-state index is 13.8. The molecule has 2 aromatic rings. The predicted octanol–water partition coefficient (Wildman–Crippen LogP) is 4.04. The summed E-state index contributed by atoms with van der Waals surface area (Å²) < 4.78 is 18.6. The maximum absolute atomic E-state index is 13.8. The highest BCUT2D eigenvalue weighted by Gasteiger charge is 2.20. The summed E-state index contributed by atoms with van der Waals surface area (Å²) in [5, 5.41) is 6.92. The number of hydrogen-bond donors (Lipinski definition) is 2. The van der Waals surface area contributed by atoms with Crippen molar-refractivity contribution in [2.24, 2.45) is 0 Å². The van der Waals surface area contributed by atoms with Gasteiger partial charge in [-0.3, -0.25) is 4.79 Å². The van der Waals surface area contributed by atoms with Crippen molar-refractivity contribution < 1.29 is 13.9 Å². The molecule has 0 radical (unpaired) electrons. The van der Waals surface area contributed by atoms with Gasteiger partial charge in [-0.1, -0.05) is 23.2 Å². The molecule has 4 nitrogen and oxygen atoms in total. The summed E-state index contributed by atoms with van der Waals surface area (Å²) in [4.78, 5) is 12.4. The minimum Gasteiger partial charge on any atom is -0.494 e. The second-order valence-corrected chi connectivity index (χ2v) is 6.19. The molecule has 0 unspecified atom stereocenters. The first-order chi connectivity index (χ1) is 11.5. The van der Waals surface area contributed by atoms with Crippen LogP contribution < -0.4 is 15.4 Å².